The molecule has 2 aliphatic heterocycles. The number of amides is 7. The Kier molecular flexibility index (Phi) is 24.1. The van der Waals surface area contributed by atoms with Gasteiger partial charge in [-0.1, -0.05) is 62.9 Å². The van der Waals surface area contributed by atoms with Gasteiger partial charge in [-0.05, 0) is 76.3 Å². The lowest BCUT2D eigenvalue weighted by molar-refractivity contribution is -0.143. The van der Waals surface area contributed by atoms with Gasteiger partial charge in [-0.15, -0.1) is 0 Å². The van der Waals surface area contributed by atoms with Crippen LogP contribution in [0.4, 0.5) is 31.4 Å². The molecule has 2 unspecified atom stereocenters. The first-order chi connectivity index (χ1) is 40.2. The van der Waals surface area contributed by atoms with Gasteiger partial charge in [-0.2, -0.15) is 0 Å². The summed E-state index contributed by atoms with van der Waals surface area (Å²) in [5.74, 6) is -3.01. The van der Waals surface area contributed by atoms with E-state index in [1.165, 1.54) is 75.1 Å². The number of carbonyl (C=O) groups is 9. The number of hydrogen-bond acceptors (Lipinski definition) is 18. The number of methoxy groups -OCH3 is 2. The highest BCUT2D eigenvalue weighted by Crippen LogP contribution is 2.38. The largest absolute Gasteiger partial charge is 0.493 e. The van der Waals surface area contributed by atoms with Gasteiger partial charge in [0.25, 0.3) is 11.8 Å². The molecule has 0 aliphatic carbocycles. The molecular weight excluding hydrogens is 1110 g/mol. The van der Waals surface area contributed by atoms with Crippen LogP contribution in [-0.4, -0.2) is 154 Å². The van der Waals surface area contributed by atoms with Crippen LogP contribution >= 0.6 is 0 Å². The minimum Gasteiger partial charge on any atom is -0.493 e. The molecule has 85 heavy (non-hydrogen) atoms. The number of benzene rings is 3. The summed E-state index contributed by atoms with van der Waals surface area (Å²) in [6.07, 6.45) is -0.239. The van der Waals surface area contributed by atoms with Gasteiger partial charge in [0.2, 0.25) is 11.8 Å². The molecule has 0 spiro atoms. The molecular formula is C60H77N7O18. The number of nitrogens with zero attached hydrogens (tertiary/aromatic N) is 2. The minimum absolute atomic E-state index is 0.00396. The lowest BCUT2D eigenvalue weighted by Crippen LogP contribution is -2.53. The zero-order chi connectivity index (χ0) is 62.7. The maximum absolute atomic E-state index is 14.5. The summed E-state index contributed by atoms with van der Waals surface area (Å²) in [5.41, 5.74) is 1.52. The lowest BCUT2D eigenvalue weighted by atomic mass is 10.0. The molecule has 2 aliphatic rings. The molecule has 25 nitrogen and oxygen atoms in total. The van der Waals surface area contributed by atoms with E-state index in [9.17, 15) is 43.2 Å². The standard InChI is InChI=1S/C60H77N7O18/c1-14-20-81-58(75)65-52(34(2)3)54(71)61-37(6)53(70)62-41-18-16-40(17-19-41)31-84-57(74)63-46-27-50(48(77-12)25-44(46)55(72)66-29-35(4)23-42(66)32-82-38(7)68)79-21-15-22-80-51-28-47(64-59(76)85-60(9,10)11)45(26-49(51)78-13)56(73)67-30-36(5)24-43(67)33-83-39(8)69/h14,16-19,25-28,34,37,42-43,52H,1,4-5,15,20-24,29-33H2,2-3,6-13H3,(H,61,71)(H,62,70)(H,63,74)(H,64,76)(H,65,75)/t37?,42-,43-,52?/m0/s1. The third-order valence-corrected chi connectivity index (χ3v) is 12.8. The summed E-state index contributed by atoms with van der Waals surface area (Å²) in [4.78, 5) is 120. The Morgan fingerprint density at radius 2 is 1.13 bits per heavy atom. The second-order valence-corrected chi connectivity index (χ2v) is 21.3. The van der Waals surface area contributed by atoms with E-state index < -0.39 is 83.6 Å². The number of carbonyl (C=O) groups excluding carboxylic acids is 9. The summed E-state index contributed by atoms with van der Waals surface area (Å²) >= 11 is 0. The van der Waals surface area contributed by atoms with Crippen LogP contribution in [0.1, 0.15) is 101 Å². The van der Waals surface area contributed by atoms with E-state index in [0.29, 0.717) is 29.7 Å². The van der Waals surface area contributed by atoms with Crippen molar-refractivity contribution in [3.63, 3.8) is 0 Å². The number of esters is 2. The maximum Gasteiger partial charge on any atom is 0.412 e. The third-order valence-electron chi connectivity index (χ3n) is 12.8. The Balaban J connectivity index is 1.30. The molecule has 0 saturated carbocycles. The zero-order valence-corrected chi connectivity index (χ0v) is 49.7. The van der Waals surface area contributed by atoms with E-state index in [2.05, 4.69) is 46.3 Å². The van der Waals surface area contributed by atoms with Crippen LogP contribution in [0.2, 0.25) is 0 Å². The van der Waals surface area contributed by atoms with Crippen LogP contribution in [0.15, 0.2) is 85.5 Å². The molecule has 7 amide bonds. The summed E-state index contributed by atoms with van der Waals surface area (Å²) < 4.78 is 50.2. The van der Waals surface area contributed by atoms with E-state index in [0.717, 1.165) is 5.57 Å². The predicted octanol–water partition coefficient (Wildman–Crippen LogP) is 7.70. The Bertz CT molecular complexity index is 2990. The number of rotatable bonds is 26. The SMILES string of the molecule is C=CCOC(=O)NC(C(=O)NC(C)C(=O)Nc1ccc(COC(=O)Nc2cc(OCCCOc3cc(NC(=O)OC(C)(C)C)c(C(=O)N4CC(=C)C[C@H]4COC(C)=O)cc3OC)c(OC)cc2C(=O)N2CC(=C)C[C@H]2COC(C)=O)cc1)C(C)C. The highest BCUT2D eigenvalue weighted by Gasteiger charge is 2.37. The summed E-state index contributed by atoms with van der Waals surface area (Å²) in [6, 6.07) is 8.95. The van der Waals surface area contributed by atoms with Crippen LogP contribution in [-0.2, 0) is 49.5 Å². The molecule has 460 valence electrons. The molecule has 5 rings (SSSR count). The molecule has 0 radical (unpaired) electrons. The Labute approximate surface area is 494 Å². The number of hydrogen-bond donors (Lipinski definition) is 5. The fourth-order valence-electron chi connectivity index (χ4n) is 8.76. The van der Waals surface area contributed by atoms with Crippen molar-refractivity contribution in [2.45, 2.75) is 111 Å². The van der Waals surface area contributed by atoms with E-state index in [4.69, 9.17) is 42.6 Å². The van der Waals surface area contributed by atoms with Crippen molar-refractivity contribution in [3.05, 3.63) is 102 Å². The van der Waals surface area contributed by atoms with Crippen molar-refractivity contribution >= 4 is 70.9 Å². The molecule has 2 fully saturated rings. The van der Waals surface area contributed by atoms with Gasteiger partial charge in [0.05, 0.1) is 62.0 Å². The monoisotopic (exact) mass is 1180 g/mol. The van der Waals surface area contributed by atoms with Crippen LogP contribution < -0.4 is 45.5 Å². The summed E-state index contributed by atoms with van der Waals surface area (Å²) in [7, 11) is 2.76. The summed E-state index contributed by atoms with van der Waals surface area (Å²) in [6.45, 7) is 24.0. The molecule has 4 atom stereocenters. The van der Waals surface area contributed by atoms with E-state index in [-0.39, 0.29) is 111 Å². The van der Waals surface area contributed by atoms with Crippen LogP contribution in [0.3, 0.4) is 0 Å². The molecule has 3 aromatic rings. The zero-order valence-electron chi connectivity index (χ0n) is 49.7. The van der Waals surface area contributed by atoms with Crippen LogP contribution in [0.25, 0.3) is 0 Å². The normalized spacial score (nSPS) is 15.3. The summed E-state index contributed by atoms with van der Waals surface area (Å²) in [5, 5.41) is 13.1. The first kappa shape index (κ1) is 66.5. The second-order valence-electron chi connectivity index (χ2n) is 21.3. The van der Waals surface area contributed by atoms with Gasteiger partial charge in [0.1, 0.15) is 44.1 Å². The molecule has 2 heterocycles. The highest BCUT2D eigenvalue weighted by molar-refractivity contribution is 6.05. The number of alkyl carbamates (subject to hydrolysis) is 1. The van der Waals surface area contributed by atoms with Gasteiger partial charge < -0.3 is 68.4 Å². The van der Waals surface area contributed by atoms with Crippen molar-refractivity contribution in [2.75, 3.05) is 76.3 Å². The van der Waals surface area contributed by atoms with Crippen molar-refractivity contribution < 1.29 is 85.8 Å². The fourth-order valence-corrected chi connectivity index (χ4v) is 8.76. The van der Waals surface area contributed by atoms with E-state index in [1.54, 1.807) is 58.9 Å². The maximum atomic E-state index is 14.5. The molecule has 0 bridgehead atoms. The molecule has 0 aromatic heterocycles. The van der Waals surface area contributed by atoms with Gasteiger partial charge in [-0.3, -0.25) is 39.4 Å². The van der Waals surface area contributed by atoms with Crippen molar-refractivity contribution in [1.82, 2.24) is 20.4 Å². The topological polar surface area (TPSA) is 303 Å². The highest BCUT2D eigenvalue weighted by atomic mass is 16.6. The molecule has 5 N–H and O–H groups in total. The number of likely N-dealkylation sites (tertiary alicyclic amines) is 2. The first-order valence-electron chi connectivity index (χ1n) is 27.3. The van der Waals surface area contributed by atoms with E-state index >= 15 is 0 Å². The fraction of sp³-hybridized carbons (Fsp3) is 0.450. The van der Waals surface area contributed by atoms with Gasteiger partial charge >= 0.3 is 30.2 Å². The van der Waals surface area contributed by atoms with Crippen molar-refractivity contribution in [3.8, 4) is 23.0 Å². The first-order valence-corrected chi connectivity index (χ1v) is 27.3. The van der Waals surface area contributed by atoms with Crippen LogP contribution in [0, 0.1) is 5.92 Å². The Hall–Kier alpha value is -9.29. The van der Waals surface area contributed by atoms with Gasteiger partial charge in [0.15, 0.2) is 23.0 Å². The number of ether oxygens (including phenoxy) is 9. The minimum atomic E-state index is -1.00. The third kappa shape index (κ3) is 19.9. The molecule has 25 heteroatoms. The van der Waals surface area contributed by atoms with Crippen molar-refractivity contribution in [1.29, 1.82) is 0 Å². The van der Waals surface area contributed by atoms with Crippen molar-refractivity contribution in [2.24, 2.45) is 5.92 Å². The average molecular weight is 1180 g/mol. The second kappa shape index (κ2) is 30.8. The smallest absolute Gasteiger partial charge is 0.412 e. The number of nitrogens with one attached hydrogen (secondary N) is 5. The average Bonchev–Trinajstić information content (AvgIpc) is 3.03. The number of anilines is 3. The Morgan fingerprint density at radius 3 is 1.58 bits per heavy atom. The Morgan fingerprint density at radius 1 is 0.635 bits per heavy atom. The molecule has 3 aromatic carbocycles. The van der Waals surface area contributed by atoms with E-state index in [1.807, 2.05) is 0 Å². The molecule has 2 saturated heterocycles. The lowest BCUT2D eigenvalue weighted by Gasteiger charge is -2.26. The van der Waals surface area contributed by atoms with Crippen LogP contribution in [0.5, 0.6) is 23.0 Å². The van der Waals surface area contributed by atoms with Gasteiger partial charge in [-0.25, -0.2) is 14.4 Å². The van der Waals surface area contributed by atoms with Gasteiger partial charge in [0, 0.05) is 51.2 Å². The quantitative estimate of drug-likeness (QED) is 0.0223. The predicted molar refractivity (Wildman–Crippen MR) is 312 cm³/mol.